The van der Waals surface area contributed by atoms with Gasteiger partial charge >= 0.3 is 0 Å². The van der Waals surface area contributed by atoms with Gasteiger partial charge in [0.2, 0.25) is 0 Å². The second kappa shape index (κ2) is 5.87. The molecule has 0 radical (unpaired) electrons. The van der Waals surface area contributed by atoms with Crippen LogP contribution in [0.1, 0.15) is 5.56 Å². The van der Waals surface area contributed by atoms with Gasteiger partial charge in [-0.1, -0.05) is 46.9 Å². The Morgan fingerprint density at radius 3 is 2.47 bits per heavy atom. The summed E-state index contributed by atoms with van der Waals surface area (Å²) in [4.78, 5) is 0. The molecule has 19 heavy (non-hydrogen) atoms. The van der Waals surface area contributed by atoms with Crippen molar-refractivity contribution in [2.24, 2.45) is 0 Å². The van der Waals surface area contributed by atoms with E-state index in [1.54, 1.807) is 12.1 Å². The lowest BCUT2D eigenvalue weighted by molar-refractivity contribution is 0.300. The zero-order valence-electron chi connectivity index (χ0n) is 9.59. The summed E-state index contributed by atoms with van der Waals surface area (Å²) < 4.78 is 19.1. The van der Waals surface area contributed by atoms with Crippen LogP contribution < -0.4 is 10.5 Å². The van der Waals surface area contributed by atoms with Gasteiger partial charge in [-0.05, 0) is 12.1 Å². The van der Waals surface area contributed by atoms with E-state index in [4.69, 9.17) is 45.3 Å². The summed E-state index contributed by atoms with van der Waals surface area (Å²) in [6.45, 7) is -0.00540. The molecule has 2 nitrogen and oxygen atoms in total. The Labute approximate surface area is 124 Å². The first-order valence-corrected chi connectivity index (χ1v) is 6.42. The monoisotopic (exact) mass is 319 g/mol. The molecule has 100 valence electrons. The van der Waals surface area contributed by atoms with E-state index in [1.807, 2.05) is 0 Å². The zero-order chi connectivity index (χ0) is 14.0. The summed E-state index contributed by atoms with van der Waals surface area (Å²) in [7, 11) is 0. The number of ether oxygens (including phenoxy) is 1. The topological polar surface area (TPSA) is 35.2 Å². The van der Waals surface area contributed by atoms with Gasteiger partial charge in [0.05, 0.1) is 20.8 Å². The molecule has 0 aliphatic rings. The number of nitrogens with two attached hydrogens (primary N) is 1. The fraction of sp³-hybridized carbons (Fsp3) is 0.0769. The predicted molar refractivity (Wildman–Crippen MR) is 76.6 cm³/mol. The molecule has 2 rings (SSSR count). The molecule has 0 aromatic heterocycles. The highest BCUT2D eigenvalue weighted by Gasteiger charge is 2.10. The number of benzene rings is 2. The molecular formula is C13H9Cl3FNO. The fourth-order valence-electron chi connectivity index (χ4n) is 1.48. The van der Waals surface area contributed by atoms with Crippen molar-refractivity contribution in [2.75, 3.05) is 5.73 Å². The highest BCUT2D eigenvalue weighted by molar-refractivity contribution is 6.43. The molecule has 0 saturated heterocycles. The van der Waals surface area contributed by atoms with Gasteiger partial charge in [0.15, 0.2) is 5.82 Å². The SMILES string of the molecule is Nc1cccc(COc2cc(Cl)c(Cl)cc2Cl)c1F. The van der Waals surface area contributed by atoms with Crippen molar-refractivity contribution in [1.82, 2.24) is 0 Å². The minimum atomic E-state index is -0.501. The molecular weight excluding hydrogens is 312 g/mol. The zero-order valence-corrected chi connectivity index (χ0v) is 11.9. The maximum Gasteiger partial charge on any atom is 0.152 e. The van der Waals surface area contributed by atoms with E-state index < -0.39 is 5.82 Å². The summed E-state index contributed by atoms with van der Waals surface area (Å²) in [6, 6.07) is 7.66. The van der Waals surface area contributed by atoms with Crippen molar-refractivity contribution in [3.63, 3.8) is 0 Å². The number of nitrogen functional groups attached to an aromatic ring is 1. The molecule has 6 heteroatoms. The molecule has 0 heterocycles. The van der Waals surface area contributed by atoms with Crippen molar-refractivity contribution in [3.05, 3.63) is 56.8 Å². The molecule has 0 amide bonds. The molecule has 2 aromatic rings. The first-order chi connectivity index (χ1) is 8.99. The lowest BCUT2D eigenvalue weighted by Gasteiger charge is -2.10. The largest absolute Gasteiger partial charge is 0.487 e. The average Bonchev–Trinajstić information content (AvgIpc) is 2.37. The van der Waals surface area contributed by atoms with Crippen LogP contribution in [0.5, 0.6) is 5.75 Å². The smallest absolute Gasteiger partial charge is 0.152 e. The van der Waals surface area contributed by atoms with Gasteiger partial charge in [-0.3, -0.25) is 0 Å². The van der Waals surface area contributed by atoms with Crippen molar-refractivity contribution < 1.29 is 9.13 Å². The highest BCUT2D eigenvalue weighted by atomic mass is 35.5. The van der Waals surface area contributed by atoms with Crippen LogP contribution in [-0.2, 0) is 6.61 Å². The third kappa shape index (κ3) is 3.24. The number of hydrogen-bond donors (Lipinski definition) is 1. The Hall–Kier alpha value is -1.16. The first-order valence-electron chi connectivity index (χ1n) is 5.29. The highest BCUT2D eigenvalue weighted by Crippen LogP contribution is 2.34. The van der Waals surface area contributed by atoms with Crippen LogP contribution in [0, 0.1) is 5.82 Å². The van der Waals surface area contributed by atoms with E-state index in [2.05, 4.69) is 0 Å². The Morgan fingerprint density at radius 2 is 1.74 bits per heavy atom. The molecule has 2 N–H and O–H groups in total. The van der Waals surface area contributed by atoms with Crippen molar-refractivity contribution in [2.45, 2.75) is 6.61 Å². The average molecular weight is 321 g/mol. The molecule has 0 aliphatic carbocycles. The normalized spacial score (nSPS) is 10.5. The van der Waals surface area contributed by atoms with Crippen LogP contribution >= 0.6 is 34.8 Å². The van der Waals surface area contributed by atoms with Crippen molar-refractivity contribution >= 4 is 40.5 Å². The van der Waals surface area contributed by atoms with E-state index in [1.165, 1.54) is 18.2 Å². The number of halogens is 4. The van der Waals surface area contributed by atoms with Gasteiger partial charge in [0.25, 0.3) is 0 Å². The van der Waals surface area contributed by atoms with Gasteiger partial charge in [-0.15, -0.1) is 0 Å². The molecule has 0 unspecified atom stereocenters. The van der Waals surface area contributed by atoms with Gasteiger partial charge in [0, 0.05) is 11.6 Å². The molecule has 0 aliphatic heterocycles. The summed E-state index contributed by atoms with van der Waals surface area (Å²) in [5, 5.41) is 0.946. The third-order valence-corrected chi connectivity index (χ3v) is 3.48. The second-order valence-electron chi connectivity index (χ2n) is 3.81. The minimum absolute atomic E-state index is 0.00540. The van der Waals surface area contributed by atoms with E-state index in [0.29, 0.717) is 26.4 Å². The summed E-state index contributed by atoms with van der Waals surface area (Å²) in [5.74, 6) is -0.170. The Balaban J connectivity index is 2.19. The second-order valence-corrected chi connectivity index (χ2v) is 5.03. The molecule has 0 fully saturated rings. The lowest BCUT2D eigenvalue weighted by atomic mass is 10.2. The molecule has 0 bridgehead atoms. The number of rotatable bonds is 3. The van der Waals surface area contributed by atoms with Gasteiger partial charge in [0.1, 0.15) is 12.4 Å². The molecule has 0 atom stereocenters. The molecule has 0 saturated carbocycles. The Kier molecular flexibility index (Phi) is 4.40. The quantitative estimate of drug-likeness (QED) is 0.641. The summed E-state index contributed by atoms with van der Waals surface area (Å²) >= 11 is 17.6. The van der Waals surface area contributed by atoms with E-state index in [0.717, 1.165) is 0 Å². The maximum atomic E-state index is 13.7. The number of hydrogen-bond acceptors (Lipinski definition) is 2. The van der Waals surface area contributed by atoms with Crippen LogP contribution in [0.15, 0.2) is 30.3 Å². The third-order valence-electron chi connectivity index (χ3n) is 2.47. The summed E-state index contributed by atoms with van der Waals surface area (Å²) in [6.07, 6.45) is 0. The molecule has 0 spiro atoms. The van der Waals surface area contributed by atoms with Crippen molar-refractivity contribution in [3.8, 4) is 5.75 Å². The van der Waals surface area contributed by atoms with Crippen LogP contribution in [0.25, 0.3) is 0 Å². The standard InChI is InChI=1S/C13H9Cl3FNO/c14-8-4-10(16)12(5-9(8)15)19-6-7-2-1-3-11(18)13(7)17/h1-5H,6,18H2. The summed E-state index contributed by atoms with van der Waals surface area (Å²) in [5.41, 5.74) is 5.87. The Morgan fingerprint density at radius 1 is 1.05 bits per heavy atom. The number of anilines is 1. The van der Waals surface area contributed by atoms with Gasteiger partial charge < -0.3 is 10.5 Å². The lowest BCUT2D eigenvalue weighted by Crippen LogP contribution is -2.01. The maximum absolute atomic E-state index is 13.7. The van der Waals surface area contributed by atoms with Crippen molar-refractivity contribution in [1.29, 1.82) is 0 Å². The van der Waals surface area contributed by atoms with Crippen LogP contribution in [0.4, 0.5) is 10.1 Å². The van der Waals surface area contributed by atoms with E-state index in [-0.39, 0.29) is 12.3 Å². The predicted octanol–water partition coefficient (Wildman–Crippen LogP) is 4.95. The van der Waals surface area contributed by atoms with Crippen LogP contribution in [0.2, 0.25) is 15.1 Å². The van der Waals surface area contributed by atoms with Gasteiger partial charge in [-0.2, -0.15) is 0 Å². The van der Waals surface area contributed by atoms with Crippen LogP contribution in [0.3, 0.4) is 0 Å². The Bertz CT molecular complexity index is 619. The van der Waals surface area contributed by atoms with E-state index in [9.17, 15) is 4.39 Å². The van der Waals surface area contributed by atoms with E-state index >= 15 is 0 Å². The molecule has 2 aromatic carbocycles. The van der Waals surface area contributed by atoms with Gasteiger partial charge in [-0.25, -0.2) is 4.39 Å². The first kappa shape index (κ1) is 14.3. The van der Waals surface area contributed by atoms with Crippen LogP contribution in [-0.4, -0.2) is 0 Å². The fourth-order valence-corrected chi connectivity index (χ4v) is 2.07. The minimum Gasteiger partial charge on any atom is -0.487 e.